The van der Waals surface area contributed by atoms with E-state index in [1.54, 1.807) is 12.1 Å². The smallest absolute Gasteiger partial charge is 0.254 e. The summed E-state index contributed by atoms with van der Waals surface area (Å²) in [7, 11) is 0. The zero-order chi connectivity index (χ0) is 13.0. The number of halogens is 1. The lowest BCUT2D eigenvalue weighted by molar-refractivity contribution is 0.0387. The van der Waals surface area contributed by atoms with Crippen LogP contribution in [-0.2, 0) is 4.74 Å². The molecule has 0 spiro atoms. The molecule has 1 aliphatic rings. The van der Waals surface area contributed by atoms with Crippen molar-refractivity contribution in [2.24, 2.45) is 5.73 Å². The molecular formula is C13H17FN2O2. The highest BCUT2D eigenvalue weighted by atomic mass is 19.1. The number of benzene rings is 1. The molecule has 3 N–H and O–H groups in total. The molecule has 0 saturated carbocycles. The van der Waals surface area contributed by atoms with E-state index < -0.39 is 17.3 Å². The first-order valence-corrected chi connectivity index (χ1v) is 6.02. The molecule has 98 valence electrons. The Bertz CT molecular complexity index is 431. The summed E-state index contributed by atoms with van der Waals surface area (Å²) in [4.78, 5) is 12.1. The molecule has 1 fully saturated rings. The van der Waals surface area contributed by atoms with Gasteiger partial charge >= 0.3 is 0 Å². The molecule has 1 saturated heterocycles. The molecule has 0 unspecified atom stereocenters. The van der Waals surface area contributed by atoms with Crippen LogP contribution in [0.4, 0.5) is 4.39 Å². The maximum Gasteiger partial charge on any atom is 0.254 e. The molecule has 1 aliphatic heterocycles. The SMILES string of the molecule is NCC1(NC(=O)c2ccccc2F)CCOCC1. The second kappa shape index (κ2) is 5.46. The summed E-state index contributed by atoms with van der Waals surface area (Å²) in [5.41, 5.74) is 5.32. The largest absolute Gasteiger partial charge is 0.381 e. The number of carbonyl (C=O) groups is 1. The highest BCUT2D eigenvalue weighted by Gasteiger charge is 2.33. The molecule has 0 aliphatic carbocycles. The Morgan fingerprint density at radius 2 is 2.06 bits per heavy atom. The Morgan fingerprint density at radius 1 is 1.39 bits per heavy atom. The highest BCUT2D eigenvalue weighted by Crippen LogP contribution is 2.20. The molecular weight excluding hydrogens is 235 g/mol. The molecule has 0 bridgehead atoms. The molecule has 18 heavy (non-hydrogen) atoms. The quantitative estimate of drug-likeness (QED) is 0.845. The molecule has 5 heteroatoms. The highest BCUT2D eigenvalue weighted by molar-refractivity contribution is 5.95. The molecule has 0 atom stereocenters. The topological polar surface area (TPSA) is 64.3 Å². The van der Waals surface area contributed by atoms with Crippen LogP contribution in [0.5, 0.6) is 0 Å². The van der Waals surface area contributed by atoms with Crippen molar-refractivity contribution in [3.8, 4) is 0 Å². The fraction of sp³-hybridized carbons (Fsp3) is 0.462. The van der Waals surface area contributed by atoms with Crippen LogP contribution in [0, 0.1) is 5.82 Å². The first-order valence-electron chi connectivity index (χ1n) is 6.02. The maximum absolute atomic E-state index is 13.5. The van der Waals surface area contributed by atoms with Gasteiger partial charge in [-0.1, -0.05) is 12.1 Å². The van der Waals surface area contributed by atoms with Crippen LogP contribution < -0.4 is 11.1 Å². The van der Waals surface area contributed by atoms with E-state index in [4.69, 9.17) is 10.5 Å². The lowest BCUT2D eigenvalue weighted by atomic mass is 9.89. The predicted molar refractivity (Wildman–Crippen MR) is 65.7 cm³/mol. The monoisotopic (exact) mass is 252 g/mol. The van der Waals surface area contributed by atoms with E-state index in [-0.39, 0.29) is 5.56 Å². The molecule has 0 aromatic heterocycles. The fourth-order valence-electron chi connectivity index (χ4n) is 2.10. The van der Waals surface area contributed by atoms with Gasteiger partial charge in [-0.15, -0.1) is 0 Å². The zero-order valence-electron chi connectivity index (χ0n) is 10.1. The van der Waals surface area contributed by atoms with Gasteiger partial charge in [0.05, 0.1) is 11.1 Å². The van der Waals surface area contributed by atoms with E-state index >= 15 is 0 Å². The van der Waals surface area contributed by atoms with Crippen molar-refractivity contribution < 1.29 is 13.9 Å². The van der Waals surface area contributed by atoms with E-state index in [1.165, 1.54) is 12.1 Å². The number of nitrogens with two attached hydrogens (primary N) is 1. The van der Waals surface area contributed by atoms with E-state index in [1.807, 2.05) is 0 Å². The van der Waals surface area contributed by atoms with Crippen molar-refractivity contribution in [3.63, 3.8) is 0 Å². The molecule has 1 heterocycles. The van der Waals surface area contributed by atoms with Crippen molar-refractivity contribution in [2.75, 3.05) is 19.8 Å². The second-order valence-corrected chi connectivity index (χ2v) is 4.53. The van der Waals surface area contributed by atoms with Crippen molar-refractivity contribution in [1.29, 1.82) is 0 Å². The fourth-order valence-corrected chi connectivity index (χ4v) is 2.10. The normalized spacial score (nSPS) is 18.3. The number of nitrogens with one attached hydrogen (secondary N) is 1. The van der Waals surface area contributed by atoms with Gasteiger partial charge in [-0.3, -0.25) is 4.79 Å². The summed E-state index contributed by atoms with van der Waals surface area (Å²) in [5.74, 6) is -0.935. The summed E-state index contributed by atoms with van der Waals surface area (Å²) in [6.45, 7) is 1.46. The van der Waals surface area contributed by atoms with Gasteiger partial charge in [0.1, 0.15) is 5.82 Å². The Labute approximate surface area is 105 Å². The predicted octanol–water partition coefficient (Wildman–Crippen LogP) is 1.06. The van der Waals surface area contributed by atoms with Gasteiger partial charge in [0.15, 0.2) is 0 Å². The lowest BCUT2D eigenvalue weighted by Gasteiger charge is -2.36. The van der Waals surface area contributed by atoms with Crippen LogP contribution >= 0.6 is 0 Å². The van der Waals surface area contributed by atoms with E-state index in [0.29, 0.717) is 32.6 Å². The van der Waals surface area contributed by atoms with Gasteiger partial charge in [-0.2, -0.15) is 0 Å². The minimum absolute atomic E-state index is 0.0526. The van der Waals surface area contributed by atoms with Gasteiger partial charge in [0.2, 0.25) is 0 Å². The maximum atomic E-state index is 13.5. The summed E-state index contributed by atoms with van der Waals surface area (Å²) in [6, 6.07) is 5.93. The zero-order valence-corrected chi connectivity index (χ0v) is 10.1. The van der Waals surface area contributed by atoms with Crippen LogP contribution in [0.25, 0.3) is 0 Å². The number of hydrogen-bond donors (Lipinski definition) is 2. The standard InChI is InChI=1S/C13H17FN2O2/c14-11-4-2-1-3-10(11)12(17)16-13(9-15)5-7-18-8-6-13/h1-4H,5-9,15H2,(H,16,17). The third-order valence-corrected chi connectivity index (χ3v) is 3.34. The third-order valence-electron chi connectivity index (χ3n) is 3.34. The van der Waals surface area contributed by atoms with Crippen molar-refractivity contribution in [1.82, 2.24) is 5.32 Å². The lowest BCUT2D eigenvalue weighted by Crippen LogP contribution is -2.56. The van der Waals surface area contributed by atoms with Crippen molar-refractivity contribution >= 4 is 5.91 Å². The molecule has 1 aromatic carbocycles. The number of carbonyl (C=O) groups excluding carboxylic acids is 1. The van der Waals surface area contributed by atoms with Gasteiger partial charge < -0.3 is 15.8 Å². The number of hydrogen-bond acceptors (Lipinski definition) is 3. The summed E-state index contributed by atoms with van der Waals surface area (Å²) < 4.78 is 18.8. The summed E-state index contributed by atoms with van der Waals surface area (Å²) in [5, 5.41) is 2.86. The van der Waals surface area contributed by atoms with Crippen molar-refractivity contribution in [2.45, 2.75) is 18.4 Å². The molecule has 4 nitrogen and oxygen atoms in total. The molecule has 1 aromatic rings. The average molecular weight is 252 g/mol. The summed E-state index contributed by atoms with van der Waals surface area (Å²) in [6.07, 6.45) is 1.31. The summed E-state index contributed by atoms with van der Waals surface area (Å²) >= 11 is 0. The van der Waals surface area contributed by atoms with Crippen molar-refractivity contribution in [3.05, 3.63) is 35.6 Å². The second-order valence-electron chi connectivity index (χ2n) is 4.53. The first-order chi connectivity index (χ1) is 8.67. The number of ether oxygens (including phenoxy) is 1. The van der Waals surface area contributed by atoms with E-state index in [9.17, 15) is 9.18 Å². The Hall–Kier alpha value is -1.46. The van der Waals surface area contributed by atoms with E-state index in [0.717, 1.165) is 0 Å². The number of rotatable bonds is 3. The van der Waals surface area contributed by atoms with Crippen LogP contribution in [0.1, 0.15) is 23.2 Å². The van der Waals surface area contributed by atoms with Crippen LogP contribution in [0.15, 0.2) is 24.3 Å². The van der Waals surface area contributed by atoms with Gasteiger partial charge in [-0.25, -0.2) is 4.39 Å². The minimum Gasteiger partial charge on any atom is -0.381 e. The minimum atomic E-state index is -0.519. The Balaban J connectivity index is 2.13. The Morgan fingerprint density at radius 3 is 2.67 bits per heavy atom. The van der Waals surface area contributed by atoms with Crippen LogP contribution in [0.3, 0.4) is 0 Å². The van der Waals surface area contributed by atoms with Gasteiger partial charge in [0.25, 0.3) is 5.91 Å². The molecule has 1 amide bonds. The van der Waals surface area contributed by atoms with E-state index in [2.05, 4.69) is 5.32 Å². The Kier molecular flexibility index (Phi) is 3.93. The molecule has 2 rings (SSSR count). The average Bonchev–Trinajstić information content (AvgIpc) is 2.40. The van der Waals surface area contributed by atoms with Crippen LogP contribution in [-0.4, -0.2) is 31.2 Å². The molecule has 0 radical (unpaired) electrons. The van der Waals surface area contributed by atoms with Gasteiger partial charge in [-0.05, 0) is 25.0 Å². The first kappa shape index (κ1) is 13.0. The van der Waals surface area contributed by atoms with Gasteiger partial charge in [0, 0.05) is 19.8 Å². The third kappa shape index (κ3) is 2.68. The number of amides is 1. The van der Waals surface area contributed by atoms with Crippen LogP contribution in [0.2, 0.25) is 0 Å².